The van der Waals surface area contributed by atoms with Gasteiger partial charge in [0.2, 0.25) is 0 Å². The standard InChI is InChI=1S/C22H21ClN4O/c23-15-4-6-16(7-5-15)27-19-3-1-2-17-21(19)18(24-27)12-26(22(17)28)20-13-25-10-8-14(20)9-11-25/h1-7,12,14,20,24H,8-11,13H2. The van der Waals surface area contributed by atoms with Gasteiger partial charge in [-0.15, -0.1) is 0 Å². The van der Waals surface area contributed by atoms with Crippen LogP contribution >= 0.6 is 11.6 Å². The molecule has 4 aliphatic rings. The summed E-state index contributed by atoms with van der Waals surface area (Å²) in [5.74, 6) is 0.601. The van der Waals surface area contributed by atoms with Gasteiger partial charge in [-0.1, -0.05) is 17.7 Å². The molecule has 5 nitrogen and oxygen atoms in total. The fourth-order valence-electron chi connectivity index (χ4n) is 5.14. The second-order valence-corrected chi connectivity index (χ2v) is 8.52. The minimum atomic E-state index is 0.124. The van der Waals surface area contributed by atoms with E-state index >= 15 is 0 Å². The lowest BCUT2D eigenvalue weighted by Crippen LogP contribution is -2.49. The van der Waals surface area contributed by atoms with E-state index in [1.54, 1.807) is 0 Å². The van der Waals surface area contributed by atoms with Gasteiger partial charge in [0.05, 0.1) is 28.5 Å². The fourth-order valence-corrected chi connectivity index (χ4v) is 5.27. The van der Waals surface area contributed by atoms with Crippen molar-refractivity contribution < 1.29 is 0 Å². The summed E-state index contributed by atoms with van der Waals surface area (Å²) >= 11 is 6.06. The summed E-state index contributed by atoms with van der Waals surface area (Å²) in [5.41, 5.74) is 6.64. The molecule has 5 heterocycles. The highest BCUT2D eigenvalue weighted by Gasteiger charge is 2.36. The third-order valence-electron chi connectivity index (χ3n) is 6.58. The molecule has 0 amide bonds. The molecule has 2 aromatic carbocycles. The lowest BCUT2D eigenvalue weighted by Gasteiger charge is -2.45. The van der Waals surface area contributed by atoms with E-state index in [0.717, 1.165) is 34.4 Å². The van der Waals surface area contributed by atoms with Gasteiger partial charge in [0.15, 0.2) is 0 Å². The number of aromatic nitrogens is 1. The van der Waals surface area contributed by atoms with Crippen LogP contribution in [0.2, 0.25) is 5.02 Å². The molecule has 0 aliphatic carbocycles. The topological polar surface area (TPSA) is 40.5 Å². The number of pyridine rings is 1. The third kappa shape index (κ3) is 2.33. The molecule has 0 spiro atoms. The van der Waals surface area contributed by atoms with Crippen molar-refractivity contribution >= 4 is 39.4 Å². The first-order valence-electron chi connectivity index (χ1n) is 9.91. The zero-order valence-electron chi connectivity index (χ0n) is 15.4. The second-order valence-electron chi connectivity index (χ2n) is 8.08. The number of nitrogens with zero attached hydrogens (tertiary/aromatic N) is 3. The molecule has 3 aromatic rings. The van der Waals surface area contributed by atoms with E-state index in [1.165, 1.54) is 25.9 Å². The van der Waals surface area contributed by atoms with Gasteiger partial charge in [0.25, 0.3) is 5.56 Å². The van der Waals surface area contributed by atoms with Gasteiger partial charge in [0.1, 0.15) is 0 Å². The number of piperidine rings is 3. The molecule has 6 heteroatoms. The van der Waals surface area contributed by atoms with E-state index in [1.807, 2.05) is 52.2 Å². The number of benzene rings is 2. The van der Waals surface area contributed by atoms with Gasteiger partial charge in [-0.25, -0.2) is 0 Å². The number of hydrogen-bond acceptors (Lipinski definition) is 4. The molecule has 1 unspecified atom stereocenters. The van der Waals surface area contributed by atoms with Crippen LogP contribution in [0.25, 0.3) is 10.8 Å². The zero-order chi connectivity index (χ0) is 18.8. The summed E-state index contributed by atoms with van der Waals surface area (Å²) in [6.45, 7) is 3.32. The van der Waals surface area contributed by atoms with Crippen molar-refractivity contribution in [2.24, 2.45) is 5.92 Å². The van der Waals surface area contributed by atoms with E-state index in [0.29, 0.717) is 10.9 Å². The number of halogens is 1. The normalized spacial score (nSPS) is 25.3. The maximum atomic E-state index is 13.4. The van der Waals surface area contributed by atoms with Crippen molar-refractivity contribution in [2.45, 2.75) is 18.9 Å². The minimum absolute atomic E-state index is 0.124. The number of anilines is 3. The number of fused-ring (bicyclic) bond motifs is 3. The molecule has 142 valence electrons. The van der Waals surface area contributed by atoms with E-state index in [4.69, 9.17) is 11.6 Å². The molecule has 0 radical (unpaired) electrons. The van der Waals surface area contributed by atoms with E-state index < -0.39 is 0 Å². The van der Waals surface area contributed by atoms with Crippen LogP contribution < -0.4 is 16.0 Å². The number of hydrazine groups is 1. The average molecular weight is 393 g/mol. The summed E-state index contributed by atoms with van der Waals surface area (Å²) in [7, 11) is 0. The predicted octanol–water partition coefficient (Wildman–Crippen LogP) is 4.40. The Bertz CT molecular complexity index is 1130. The van der Waals surface area contributed by atoms with Crippen LogP contribution in [0.1, 0.15) is 18.9 Å². The van der Waals surface area contributed by atoms with E-state index in [-0.39, 0.29) is 11.6 Å². The van der Waals surface area contributed by atoms with Crippen molar-refractivity contribution in [1.29, 1.82) is 0 Å². The fraction of sp³-hybridized carbons (Fsp3) is 0.318. The van der Waals surface area contributed by atoms with Gasteiger partial charge in [0, 0.05) is 23.2 Å². The summed E-state index contributed by atoms with van der Waals surface area (Å²) < 4.78 is 2.00. The Hall–Kier alpha value is -2.50. The Morgan fingerprint density at radius 1 is 1.04 bits per heavy atom. The van der Waals surface area contributed by atoms with E-state index in [9.17, 15) is 4.79 Å². The van der Waals surface area contributed by atoms with Crippen LogP contribution in [0.3, 0.4) is 0 Å². The summed E-state index contributed by atoms with van der Waals surface area (Å²) in [4.78, 5) is 15.9. The first kappa shape index (κ1) is 16.5. The Balaban J connectivity index is 1.49. The predicted molar refractivity (Wildman–Crippen MR) is 114 cm³/mol. The minimum Gasteiger partial charge on any atom is -0.308 e. The molecule has 4 aliphatic heterocycles. The van der Waals surface area contributed by atoms with Crippen LogP contribution in [0.4, 0.5) is 17.1 Å². The van der Waals surface area contributed by atoms with Gasteiger partial charge < -0.3 is 9.47 Å². The molecule has 7 rings (SSSR count). The number of hydrogen-bond donors (Lipinski definition) is 1. The monoisotopic (exact) mass is 392 g/mol. The molecular weight excluding hydrogens is 372 g/mol. The zero-order valence-corrected chi connectivity index (χ0v) is 16.2. The maximum absolute atomic E-state index is 13.4. The molecule has 3 fully saturated rings. The van der Waals surface area contributed by atoms with Crippen LogP contribution in [-0.4, -0.2) is 29.1 Å². The van der Waals surface area contributed by atoms with Crippen molar-refractivity contribution in [3.05, 3.63) is 64.0 Å². The first-order valence-corrected chi connectivity index (χ1v) is 10.3. The Labute approximate surface area is 168 Å². The molecule has 1 atom stereocenters. The average Bonchev–Trinajstić information content (AvgIpc) is 3.11. The van der Waals surface area contributed by atoms with Gasteiger partial charge in [-0.05, 0) is 68.2 Å². The molecule has 0 saturated carbocycles. The lowest BCUT2D eigenvalue weighted by atomic mass is 9.83. The van der Waals surface area contributed by atoms with Gasteiger partial charge >= 0.3 is 0 Å². The SMILES string of the molecule is O=c1c2cccc3c2c(cn1C1CN2CCC1CC2)NN3c1ccc(Cl)cc1. The molecule has 28 heavy (non-hydrogen) atoms. The van der Waals surface area contributed by atoms with Crippen LogP contribution in [0.5, 0.6) is 0 Å². The third-order valence-corrected chi connectivity index (χ3v) is 6.83. The van der Waals surface area contributed by atoms with Crippen LogP contribution in [0.15, 0.2) is 53.5 Å². The molecular formula is C22H21ClN4O. The van der Waals surface area contributed by atoms with Crippen LogP contribution in [-0.2, 0) is 0 Å². The number of rotatable bonds is 2. The lowest BCUT2D eigenvalue weighted by molar-refractivity contribution is 0.0557. The van der Waals surface area contributed by atoms with Crippen molar-refractivity contribution in [3.63, 3.8) is 0 Å². The Morgan fingerprint density at radius 3 is 2.54 bits per heavy atom. The van der Waals surface area contributed by atoms with Gasteiger partial charge in [-0.3, -0.25) is 15.2 Å². The van der Waals surface area contributed by atoms with Gasteiger partial charge in [-0.2, -0.15) is 0 Å². The smallest absolute Gasteiger partial charge is 0.258 e. The second kappa shape index (κ2) is 6.00. The first-order chi connectivity index (χ1) is 13.7. The highest BCUT2D eigenvalue weighted by atomic mass is 35.5. The van der Waals surface area contributed by atoms with Crippen molar-refractivity contribution in [1.82, 2.24) is 9.47 Å². The number of nitrogens with one attached hydrogen (secondary N) is 1. The van der Waals surface area contributed by atoms with Crippen molar-refractivity contribution in [3.8, 4) is 0 Å². The Kier molecular flexibility index (Phi) is 3.52. The highest BCUT2D eigenvalue weighted by Crippen LogP contribution is 2.43. The molecule has 3 saturated heterocycles. The highest BCUT2D eigenvalue weighted by molar-refractivity contribution is 6.30. The van der Waals surface area contributed by atoms with Crippen molar-refractivity contribution in [2.75, 3.05) is 30.1 Å². The quantitative estimate of drug-likeness (QED) is 0.701. The maximum Gasteiger partial charge on any atom is 0.258 e. The van der Waals surface area contributed by atoms with Crippen LogP contribution in [0, 0.1) is 5.92 Å². The molecule has 1 N–H and O–H groups in total. The summed E-state index contributed by atoms with van der Waals surface area (Å²) in [6.07, 6.45) is 4.42. The molecule has 2 bridgehead atoms. The molecule has 1 aromatic heterocycles. The van der Waals surface area contributed by atoms with E-state index in [2.05, 4.69) is 16.4 Å². The summed E-state index contributed by atoms with van der Waals surface area (Å²) in [6, 6.07) is 14.0. The Morgan fingerprint density at radius 2 is 1.82 bits per heavy atom. The summed E-state index contributed by atoms with van der Waals surface area (Å²) in [5, 5.41) is 4.53. The largest absolute Gasteiger partial charge is 0.308 e.